The third-order valence-corrected chi connectivity index (χ3v) is 4.56. The number of anilines is 1. The number of alkyl halides is 3. The molecule has 2 aromatic rings. The number of piperidine rings is 1. The third-order valence-electron chi connectivity index (χ3n) is 4.56. The van der Waals surface area contributed by atoms with Gasteiger partial charge in [0.05, 0.1) is 5.56 Å². The van der Waals surface area contributed by atoms with Crippen LogP contribution in [-0.4, -0.2) is 23.5 Å². The van der Waals surface area contributed by atoms with Crippen LogP contribution in [0.2, 0.25) is 0 Å². The SMILES string of the molecule is NC(=O)C1CC(c2cccc(C(F)(F)F)c2)CCN1c1ccccn1. The second kappa shape index (κ2) is 6.74. The molecule has 4 nitrogen and oxygen atoms in total. The largest absolute Gasteiger partial charge is 0.416 e. The summed E-state index contributed by atoms with van der Waals surface area (Å²) in [5.74, 6) is -0.00381. The van der Waals surface area contributed by atoms with Crippen molar-refractivity contribution in [2.75, 3.05) is 11.4 Å². The summed E-state index contributed by atoms with van der Waals surface area (Å²) in [5.41, 5.74) is 5.46. The minimum absolute atomic E-state index is 0.153. The van der Waals surface area contributed by atoms with E-state index in [1.807, 2.05) is 11.0 Å². The summed E-state index contributed by atoms with van der Waals surface area (Å²) in [6.07, 6.45) is -1.76. The highest BCUT2D eigenvalue weighted by Gasteiger charge is 2.35. The van der Waals surface area contributed by atoms with Crippen molar-refractivity contribution in [3.05, 3.63) is 59.8 Å². The lowest BCUT2D eigenvalue weighted by Crippen LogP contribution is -2.50. The van der Waals surface area contributed by atoms with Crippen LogP contribution in [0.4, 0.5) is 19.0 Å². The molecule has 0 spiro atoms. The molecule has 1 aromatic heterocycles. The zero-order valence-electron chi connectivity index (χ0n) is 13.4. The number of aromatic nitrogens is 1. The molecule has 3 rings (SSSR count). The van der Waals surface area contributed by atoms with Crippen LogP contribution in [-0.2, 0) is 11.0 Å². The second-order valence-corrected chi connectivity index (χ2v) is 6.14. The van der Waals surface area contributed by atoms with Gasteiger partial charge in [0, 0.05) is 12.7 Å². The molecule has 0 saturated carbocycles. The number of carbonyl (C=O) groups is 1. The summed E-state index contributed by atoms with van der Waals surface area (Å²) >= 11 is 0. The number of pyridine rings is 1. The topological polar surface area (TPSA) is 59.2 Å². The van der Waals surface area contributed by atoms with Crippen LogP contribution in [0, 0.1) is 0 Å². The average Bonchev–Trinajstić information content (AvgIpc) is 2.61. The molecule has 1 aromatic carbocycles. The first-order valence-electron chi connectivity index (χ1n) is 8.00. The van der Waals surface area contributed by atoms with E-state index >= 15 is 0 Å². The normalized spacial score (nSPS) is 21.2. The maximum Gasteiger partial charge on any atom is 0.416 e. The van der Waals surface area contributed by atoms with Crippen molar-refractivity contribution >= 4 is 11.7 Å². The zero-order chi connectivity index (χ0) is 18.0. The molecule has 132 valence electrons. The van der Waals surface area contributed by atoms with E-state index in [2.05, 4.69) is 4.98 Å². The monoisotopic (exact) mass is 349 g/mol. The van der Waals surface area contributed by atoms with Gasteiger partial charge in [0.15, 0.2) is 0 Å². The van der Waals surface area contributed by atoms with Crippen LogP contribution in [0.15, 0.2) is 48.7 Å². The number of carbonyl (C=O) groups excluding carboxylic acids is 1. The maximum absolute atomic E-state index is 12.9. The summed E-state index contributed by atoms with van der Waals surface area (Å²) in [6, 6.07) is 10.1. The Hall–Kier alpha value is -2.57. The van der Waals surface area contributed by atoms with E-state index in [4.69, 9.17) is 5.73 Å². The van der Waals surface area contributed by atoms with Gasteiger partial charge in [0.25, 0.3) is 0 Å². The Morgan fingerprint density at radius 3 is 2.64 bits per heavy atom. The Bertz CT molecular complexity index is 749. The van der Waals surface area contributed by atoms with Gasteiger partial charge in [-0.05, 0) is 42.5 Å². The van der Waals surface area contributed by atoms with Crippen LogP contribution in [0.25, 0.3) is 0 Å². The van der Waals surface area contributed by atoms with E-state index in [1.165, 1.54) is 12.1 Å². The van der Waals surface area contributed by atoms with Crippen LogP contribution in [0.1, 0.15) is 29.9 Å². The van der Waals surface area contributed by atoms with Gasteiger partial charge in [-0.1, -0.05) is 24.3 Å². The Balaban J connectivity index is 1.84. The second-order valence-electron chi connectivity index (χ2n) is 6.14. The predicted molar refractivity (Wildman–Crippen MR) is 88.0 cm³/mol. The van der Waals surface area contributed by atoms with Crippen molar-refractivity contribution in [2.24, 2.45) is 5.73 Å². The lowest BCUT2D eigenvalue weighted by atomic mass is 9.84. The van der Waals surface area contributed by atoms with E-state index in [-0.39, 0.29) is 5.92 Å². The van der Waals surface area contributed by atoms with E-state index in [1.54, 1.807) is 24.4 Å². The Labute approximate surface area is 143 Å². The molecule has 7 heteroatoms. The number of nitrogens with two attached hydrogens (primary N) is 1. The zero-order valence-corrected chi connectivity index (χ0v) is 13.4. The van der Waals surface area contributed by atoms with Crippen molar-refractivity contribution in [3.63, 3.8) is 0 Å². The van der Waals surface area contributed by atoms with Crippen LogP contribution in [0.3, 0.4) is 0 Å². The van der Waals surface area contributed by atoms with Gasteiger partial charge >= 0.3 is 6.18 Å². The van der Waals surface area contributed by atoms with Gasteiger partial charge in [-0.2, -0.15) is 13.2 Å². The minimum Gasteiger partial charge on any atom is -0.368 e. The molecular weight excluding hydrogens is 331 g/mol. The van der Waals surface area contributed by atoms with Crippen LogP contribution in [0.5, 0.6) is 0 Å². The average molecular weight is 349 g/mol. The summed E-state index contributed by atoms with van der Waals surface area (Å²) in [7, 11) is 0. The first-order chi connectivity index (χ1) is 11.9. The molecule has 2 N–H and O–H groups in total. The molecular formula is C18H18F3N3O. The molecule has 0 aliphatic carbocycles. The van der Waals surface area contributed by atoms with Crippen LogP contribution >= 0.6 is 0 Å². The smallest absolute Gasteiger partial charge is 0.368 e. The van der Waals surface area contributed by atoms with E-state index in [9.17, 15) is 18.0 Å². The van der Waals surface area contributed by atoms with Crippen molar-refractivity contribution < 1.29 is 18.0 Å². The number of primary amides is 1. The number of benzene rings is 1. The number of amides is 1. The van der Waals surface area contributed by atoms with Gasteiger partial charge < -0.3 is 10.6 Å². The first kappa shape index (κ1) is 17.3. The van der Waals surface area contributed by atoms with Gasteiger partial charge in [-0.15, -0.1) is 0 Å². The number of halogens is 3. The number of nitrogens with zero attached hydrogens (tertiary/aromatic N) is 2. The lowest BCUT2D eigenvalue weighted by Gasteiger charge is -2.38. The van der Waals surface area contributed by atoms with Crippen molar-refractivity contribution in [1.29, 1.82) is 0 Å². The molecule has 25 heavy (non-hydrogen) atoms. The summed E-state index contributed by atoms with van der Waals surface area (Å²) in [6.45, 7) is 0.505. The number of rotatable bonds is 3. The lowest BCUT2D eigenvalue weighted by molar-refractivity contribution is -0.137. The maximum atomic E-state index is 12.9. The highest BCUT2D eigenvalue weighted by atomic mass is 19.4. The van der Waals surface area contributed by atoms with Crippen molar-refractivity contribution in [1.82, 2.24) is 4.98 Å². The molecule has 1 saturated heterocycles. The van der Waals surface area contributed by atoms with Crippen molar-refractivity contribution in [2.45, 2.75) is 31.0 Å². The molecule has 1 aliphatic rings. The molecule has 0 radical (unpaired) electrons. The number of hydrogen-bond donors (Lipinski definition) is 1. The number of hydrogen-bond acceptors (Lipinski definition) is 3. The Kier molecular flexibility index (Phi) is 4.65. The molecule has 0 bridgehead atoms. The fraction of sp³-hybridized carbons (Fsp3) is 0.333. The first-order valence-corrected chi connectivity index (χ1v) is 8.00. The highest BCUT2D eigenvalue weighted by Crippen LogP contribution is 2.36. The van der Waals surface area contributed by atoms with Gasteiger partial charge in [0.2, 0.25) is 5.91 Å². The van der Waals surface area contributed by atoms with Crippen molar-refractivity contribution in [3.8, 4) is 0 Å². The Morgan fingerprint density at radius 2 is 2.00 bits per heavy atom. The van der Waals surface area contributed by atoms with E-state index in [0.29, 0.717) is 30.8 Å². The molecule has 1 fully saturated rings. The third kappa shape index (κ3) is 3.75. The molecule has 1 amide bonds. The van der Waals surface area contributed by atoms with E-state index in [0.717, 1.165) is 6.07 Å². The molecule has 2 heterocycles. The Morgan fingerprint density at radius 1 is 1.20 bits per heavy atom. The summed E-state index contributed by atoms with van der Waals surface area (Å²) in [5, 5.41) is 0. The van der Waals surface area contributed by atoms with E-state index < -0.39 is 23.7 Å². The fourth-order valence-electron chi connectivity index (χ4n) is 3.30. The standard InChI is InChI=1S/C18H18F3N3O/c19-18(20,21)14-5-3-4-12(10-14)13-7-9-24(15(11-13)17(22)25)16-6-1-2-8-23-16/h1-6,8,10,13,15H,7,9,11H2,(H2,22,25). The van der Waals surface area contributed by atoms with Gasteiger partial charge in [0.1, 0.15) is 11.9 Å². The predicted octanol–water partition coefficient (Wildman–Crippen LogP) is 3.34. The van der Waals surface area contributed by atoms with Gasteiger partial charge in [-0.3, -0.25) is 4.79 Å². The van der Waals surface area contributed by atoms with Gasteiger partial charge in [-0.25, -0.2) is 4.98 Å². The van der Waals surface area contributed by atoms with Crippen LogP contribution < -0.4 is 10.6 Å². The molecule has 2 unspecified atom stereocenters. The minimum atomic E-state index is -4.38. The molecule has 1 aliphatic heterocycles. The summed E-state index contributed by atoms with van der Waals surface area (Å²) in [4.78, 5) is 18.0. The highest BCUT2D eigenvalue weighted by molar-refractivity contribution is 5.83. The quantitative estimate of drug-likeness (QED) is 0.925. The summed E-state index contributed by atoms with van der Waals surface area (Å²) < 4.78 is 38.8. The fourth-order valence-corrected chi connectivity index (χ4v) is 3.30. The molecule has 2 atom stereocenters.